The number of nitrogens with zero attached hydrogens (tertiary/aromatic N) is 1. The normalized spacial score (nSPS) is 9.91. The second kappa shape index (κ2) is 8.19. The number of thiocarbonyl (C=S) groups is 1. The van der Waals surface area contributed by atoms with E-state index in [1.54, 1.807) is 20.4 Å². The Hall–Kier alpha value is -2.34. The molecule has 0 radical (unpaired) electrons. The topological polar surface area (TPSA) is 55.4 Å². The van der Waals surface area contributed by atoms with Crippen molar-refractivity contribution < 1.29 is 9.47 Å². The van der Waals surface area contributed by atoms with Crippen LogP contribution in [0.4, 0.5) is 5.69 Å². The molecule has 0 aliphatic rings. The number of rotatable bonds is 6. The van der Waals surface area contributed by atoms with Crippen LogP contribution in [0.15, 0.2) is 42.7 Å². The summed E-state index contributed by atoms with van der Waals surface area (Å²) in [7, 11) is 3.24. The first-order valence-corrected chi connectivity index (χ1v) is 7.29. The fourth-order valence-electron chi connectivity index (χ4n) is 1.94. The highest BCUT2D eigenvalue weighted by Gasteiger charge is 2.06. The van der Waals surface area contributed by atoms with E-state index in [0.29, 0.717) is 10.9 Å². The molecule has 0 spiro atoms. The lowest BCUT2D eigenvalue weighted by Gasteiger charge is -2.14. The van der Waals surface area contributed by atoms with Gasteiger partial charge in [0.2, 0.25) is 0 Å². The zero-order chi connectivity index (χ0) is 15.8. The summed E-state index contributed by atoms with van der Waals surface area (Å²) in [6.45, 7) is 0.726. The zero-order valence-corrected chi connectivity index (χ0v) is 13.4. The smallest absolute Gasteiger partial charge is 0.170 e. The van der Waals surface area contributed by atoms with Crippen LogP contribution in [0.3, 0.4) is 0 Å². The first-order chi connectivity index (χ1) is 10.7. The lowest BCUT2D eigenvalue weighted by molar-refractivity contribution is 0.405. The van der Waals surface area contributed by atoms with Crippen molar-refractivity contribution in [3.05, 3.63) is 48.3 Å². The summed E-state index contributed by atoms with van der Waals surface area (Å²) in [4.78, 5) is 4.09. The van der Waals surface area contributed by atoms with E-state index in [4.69, 9.17) is 21.7 Å². The number of ether oxygens (including phenoxy) is 2. The Morgan fingerprint density at radius 2 is 2.09 bits per heavy atom. The second-order valence-corrected chi connectivity index (χ2v) is 4.97. The summed E-state index contributed by atoms with van der Waals surface area (Å²) in [6, 6.07) is 9.47. The van der Waals surface area contributed by atoms with Gasteiger partial charge in [-0.25, -0.2) is 0 Å². The van der Waals surface area contributed by atoms with Gasteiger partial charge in [-0.15, -0.1) is 0 Å². The molecule has 0 bridgehead atoms. The SMILES string of the molecule is COc1ccc(OC)c(NC(=S)NCCc2cccnc2)c1. The molecule has 2 N–H and O–H groups in total. The molecule has 2 aromatic rings. The number of methoxy groups -OCH3 is 2. The Balaban J connectivity index is 1.89. The summed E-state index contributed by atoms with van der Waals surface area (Å²) in [6.07, 6.45) is 4.46. The standard InChI is InChI=1S/C16H19N3O2S/c1-20-13-5-6-15(21-2)14(10-13)19-16(22)18-9-7-12-4-3-8-17-11-12/h3-6,8,10-11H,7,9H2,1-2H3,(H2,18,19,22). The minimum absolute atomic E-state index is 0.537. The molecule has 1 heterocycles. The van der Waals surface area contributed by atoms with Gasteiger partial charge in [0, 0.05) is 25.0 Å². The molecule has 5 nitrogen and oxygen atoms in total. The van der Waals surface area contributed by atoms with Crippen molar-refractivity contribution in [1.82, 2.24) is 10.3 Å². The van der Waals surface area contributed by atoms with Gasteiger partial charge in [0.05, 0.1) is 19.9 Å². The van der Waals surface area contributed by atoms with E-state index in [0.717, 1.165) is 30.0 Å². The van der Waals surface area contributed by atoms with Gasteiger partial charge in [-0.05, 0) is 42.4 Å². The Labute approximate surface area is 135 Å². The van der Waals surface area contributed by atoms with Gasteiger partial charge in [-0.1, -0.05) is 6.07 Å². The van der Waals surface area contributed by atoms with E-state index in [9.17, 15) is 0 Å². The molecule has 1 aromatic carbocycles. The Morgan fingerprint density at radius 3 is 2.77 bits per heavy atom. The highest BCUT2D eigenvalue weighted by Crippen LogP contribution is 2.28. The van der Waals surface area contributed by atoms with Crippen molar-refractivity contribution in [2.45, 2.75) is 6.42 Å². The number of benzene rings is 1. The van der Waals surface area contributed by atoms with E-state index >= 15 is 0 Å². The molecule has 0 saturated carbocycles. The summed E-state index contributed by atoms with van der Waals surface area (Å²) >= 11 is 5.30. The van der Waals surface area contributed by atoms with Crippen molar-refractivity contribution in [1.29, 1.82) is 0 Å². The molecular formula is C16H19N3O2S. The number of pyridine rings is 1. The van der Waals surface area contributed by atoms with Gasteiger partial charge in [0.1, 0.15) is 11.5 Å². The third-order valence-electron chi connectivity index (χ3n) is 3.08. The van der Waals surface area contributed by atoms with Crippen LogP contribution < -0.4 is 20.1 Å². The molecule has 0 fully saturated rings. The predicted molar refractivity (Wildman–Crippen MR) is 91.7 cm³/mol. The van der Waals surface area contributed by atoms with Gasteiger partial charge < -0.3 is 20.1 Å². The Bertz CT molecular complexity index is 620. The van der Waals surface area contributed by atoms with E-state index < -0.39 is 0 Å². The molecule has 6 heteroatoms. The average molecular weight is 317 g/mol. The monoisotopic (exact) mass is 317 g/mol. The Morgan fingerprint density at radius 1 is 1.23 bits per heavy atom. The third kappa shape index (κ3) is 4.60. The largest absolute Gasteiger partial charge is 0.497 e. The molecule has 0 amide bonds. The fraction of sp³-hybridized carbons (Fsp3) is 0.250. The molecule has 2 rings (SSSR count). The van der Waals surface area contributed by atoms with Crippen molar-refractivity contribution >= 4 is 23.0 Å². The van der Waals surface area contributed by atoms with Crippen LogP contribution in [0.5, 0.6) is 11.5 Å². The highest BCUT2D eigenvalue weighted by atomic mass is 32.1. The van der Waals surface area contributed by atoms with E-state index in [-0.39, 0.29) is 0 Å². The lowest BCUT2D eigenvalue weighted by Crippen LogP contribution is -2.30. The maximum Gasteiger partial charge on any atom is 0.170 e. The highest BCUT2D eigenvalue weighted by molar-refractivity contribution is 7.80. The van der Waals surface area contributed by atoms with Gasteiger partial charge >= 0.3 is 0 Å². The van der Waals surface area contributed by atoms with Crippen LogP contribution in [-0.4, -0.2) is 30.9 Å². The number of aromatic nitrogens is 1. The van der Waals surface area contributed by atoms with Crippen molar-refractivity contribution in [2.75, 3.05) is 26.1 Å². The minimum Gasteiger partial charge on any atom is -0.497 e. The molecule has 116 valence electrons. The minimum atomic E-state index is 0.537. The molecule has 1 aromatic heterocycles. The van der Waals surface area contributed by atoms with Crippen LogP contribution in [0.1, 0.15) is 5.56 Å². The summed E-state index contributed by atoms with van der Waals surface area (Å²) < 4.78 is 10.5. The lowest BCUT2D eigenvalue weighted by atomic mass is 10.2. The summed E-state index contributed by atoms with van der Waals surface area (Å²) in [5.74, 6) is 1.44. The average Bonchev–Trinajstić information content (AvgIpc) is 2.55. The second-order valence-electron chi connectivity index (χ2n) is 4.56. The quantitative estimate of drug-likeness (QED) is 0.799. The number of nitrogens with one attached hydrogen (secondary N) is 2. The number of hydrogen-bond donors (Lipinski definition) is 2. The van der Waals surface area contributed by atoms with Gasteiger partial charge in [0.15, 0.2) is 5.11 Å². The van der Waals surface area contributed by atoms with Crippen LogP contribution in [0, 0.1) is 0 Å². The first-order valence-electron chi connectivity index (χ1n) is 6.88. The van der Waals surface area contributed by atoms with Crippen LogP contribution in [0.2, 0.25) is 0 Å². The van der Waals surface area contributed by atoms with E-state index in [2.05, 4.69) is 15.6 Å². The molecule has 0 saturated heterocycles. The van der Waals surface area contributed by atoms with E-state index in [1.165, 1.54) is 0 Å². The van der Waals surface area contributed by atoms with Gasteiger partial charge in [0.25, 0.3) is 0 Å². The molecule has 0 aliphatic carbocycles. The maximum absolute atomic E-state index is 5.31. The molecule has 0 aliphatic heterocycles. The number of hydrogen-bond acceptors (Lipinski definition) is 4. The predicted octanol–water partition coefficient (Wildman–Crippen LogP) is 2.63. The van der Waals surface area contributed by atoms with Crippen molar-refractivity contribution in [3.8, 4) is 11.5 Å². The molecule has 0 unspecified atom stereocenters. The van der Waals surface area contributed by atoms with Crippen molar-refractivity contribution in [2.24, 2.45) is 0 Å². The fourth-order valence-corrected chi connectivity index (χ4v) is 2.16. The molecular weight excluding hydrogens is 298 g/mol. The Kier molecular flexibility index (Phi) is 5.97. The van der Waals surface area contributed by atoms with E-state index in [1.807, 2.05) is 36.5 Å². The maximum atomic E-state index is 5.31. The third-order valence-corrected chi connectivity index (χ3v) is 3.32. The summed E-state index contributed by atoms with van der Waals surface area (Å²) in [5, 5.41) is 6.82. The summed E-state index contributed by atoms with van der Waals surface area (Å²) in [5.41, 5.74) is 1.93. The molecule has 22 heavy (non-hydrogen) atoms. The van der Waals surface area contributed by atoms with Crippen LogP contribution in [0.25, 0.3) is 0 Å². The van der Waals surface area contributed by atoms with Crippen LogP contribution >= 0.6 is 12.2 Å². The zero-order valence-electron chi connectivity index (χ0n) is 12.6. The van der Waals surface area contributed by atoms with Gasteiger partial charge in [-0.3, -0.25) is 4.98 Å². The number of anilines is 1. The van der Waals surface area contributed by atoms with Crippen LogP contribution in [-0.2, 0) is 6.42 Å². The van der Waals surface area contributed by atoms with Gasteiger partial charge in [-0.2, -0.15) is 0 Å². The first kappa shape index (κ1) is 16.0. The molecule has 0 atom stereocenters. The van der Waals surface area contributed by atoms with Crippen molar-refractivity contribution in [3.63, 3.8) is 0 Å².